The van der Waals surface area contributed by atoms with Crippen molar-refractivity contribution in [2.75, 3.05) is 13.2 Å². The highest BCUT2D eigenvalue weighted by molar-refractivity contribution is 6.74. The standard InChI is InChI=1S/C51H65NO15Si/c1-31-32(2)48(57)52(47(31)56)41-44(60-28-38-24-18-13-19-25-38)42(39(29-58-26-36-20-14-11-15-21-36)64-49(41)67-68(9,10)51(6,7)8)66-50-46(63-35(5)55)45(62-34(4)54)43(61-33(3)53)40(65-50)30-59-27-37-22-16-12-17-23-37/h11-25,39-46,49-50H,26-30H2,1-10H3/t39-,40-,41-,42-,43+,44-,45+,46-,49+,50+/m1/s1. The Balaban J connectivity index is 1.50. The molecular weight excluding hydrogens is 895 g/mol. The molecule has 3 aromatic rings. The van der Waals surface area contributed by atoms with Crippen LogP contribution in [0.4, 0.5) is 0 Å². The highest BCUT2D eigenvalue weighted by Gasteiger charge is 2.60. The van der Waals surface area contributed by atoms with Gasteiger partial charge < -0.3 is 47.1 Å². The highest BCUT2D eigenvalue weighted by Crippen LogP contribution is 2.43. The summed E-state index contributed by atoms with van der Waals surface area (Å²) in [6.45, 7) is 16.9. The zero-order valence-corrected chi connectivity index (χ0v) is 41.5. The fourth-order valence-corrected chi connectivity index (χ4v) is 9.15. The van der Waals surface area contributed by atoms with Crippen LogP contribution in [0.15, 0.2) is 102 Å². The summed E-state index contributed by atoms with van der Waals surface area (Å²) in [5.41, 5.74) is 2.98. The number of carbonyl (C=O) groups is 5. The maximum atomic E-state index is 14.4. The number of amides is 2. The van der Waals surface area contributed by atoms with Crippen molar-refractivity contribution in [1.82, 2.24) is 4.90 Å². The fraction of sp³-hybridized carbons (Fsp3) is 0.510. The predicted octanol–water partition coefficient (Wildman–Crippen LogP) is 6.73. The van der Waals surface area contributed by atoms with Gasteiger partial charge in [0, 0.05) is 31.9 Å². The van der Waals surface area contributed by atoms with E-state index in [-0.39, 0.29) is 49.2 Å². The lowest BCUT2D eigenvalue weighted by Gasteiger charge is -2.52. The Hall–Kier alpha value is -5.11. The van der Waals surface area contributed by atoms with E-state index in [2.05, 4.69) is 20.8 Å². The van der Waals surface area contributed by atoms with Gasteiger partial charge in [-0.15, -0.1) is 0 Å². The van der Waals surface area contributed by atoms with Crippen LogP contribution in [0.5, 0.6) is 0 Å². The third kappa shape index (κ3) is 12.9. The first-order valence-corrected chi connectivity index (χ1v) is 25.8. The van der Waals surface area contributed by atoms with Gasteiger partial charge in [0.1, 0.15) is 30.5 Å². The van der Waals surface area contributed by atoms with Gasteiger partial charge in [-0.1, -0.05) is 112 Å². The molecule has 0 unspecified atom stereocenters. The van der Waals surface area contributed by atoms with Crippen molar-refractivity contribution >= 4 is 38.0 Å². The van der Waals surface area contributed by atoms with E-state index in [4.69, 9.17) is 47.1 Å². The minimum Gasteiger partial charge on any atom is -0.456 e. The Labute approximate surface area is 399 Å². The lowest BCUT2D eigenvalue weighted by atomic mass is 9.93. The first kappa shape index (κ1) is 52.3. The summed E-state index contributed by atoms with van der Waals surface area (Å²) in [5, 5.41) is -0.355. The number of benzene rings is 3. The van der Waals surface area contributed by atoms with Crippen molar-refractivity contribution in [2.45, 2.75) is 155 Å². The van der Waals surface area contributed by atoms with Gasteiger partial charge in [0.15, 0.2) is 39.2 Å². The van der Waals surface area contributed by atoms with Crippen LogP contribution < -0.4 is 0 Å². The van der Waals surface area contributed by atoms with E-state index in [1.54, 1.807) is 13.8 Å². The summed E-state index contributed by atoms with van der Waals surface area (Å²) in [6, 6.07) is 26.9. The van der Waals surface area contributed by atoms with Crippen LogP contribution in [0.1, 0.15) is 72.1 Å². The van der Waals surface area contributed by atoms with Crippen molar-refractivity contribution < 1.29 is 71.0 Å². The van der Waals surface area contributed by atoms with Crippen molar-refractivity contribution in [3.05, 3.63) is 119 Å². The van der Waals surface area contributed by atoms with Crippen LogP contribution in [0.25, 0.3) is 0 Å². The summed E-state index contributed by atoms with van der Waals surface area (Å²) in [5.74, 6) is -3.42. The number of esters is 3. The smallest absolute Gasteiger partial charge is 0.303 e. The van der Waals surface area contributed by atoms with Gasteiger partial charge in [0.2, 0.25) is 0 Å². The molecule has 3 aliphatic rings. The zero-order valence-electron chi connectivity index (χ0n) is 40.5. The van der Waals surface area contributed by atoms with Gasteiger partial charge in [0.05, 0.1) is 33.0 Å². The van der Waals surface area contributed by atoms with Crippen molar-refractivity contribution in [3.8, 4) is 0 Å². The summed E-state index contributed by atoms with van der Waals surface area (Å²) >= 11 is 0. The Bertz CT molecular complexity index is 2210. The third-order valence-corrected chi connectivity index (χ3v) is 17.1. The summed E-state index contributed by atoms with van der Waals surface area (Å²) < 4.78 is 64.7. The van der Waals surface area contributed by atoms with Gasteiger partial charge in [-0.05, 0) is 48.7 Å². The average Bonchev–Trinajstić information content (AvgIpc) is 3.47. The van der Waals surface area contributed by atoms with E-state index in [1.807, 2.05) is 104 Å². The Morgan fingerprint density at radius 3 is 1.44 bits per heavy atom. The molecular formula is C51H65NO15Si. The van der Waals surface area contributed by atoms with Crippen LogP contribution in [0.3, 0.4) is 0 Å². The van der Waals surface area contributed by atoms with Crippen LogP contribution in [-0.4, -0.2) is 118 Å². The molecule has 0 saturated carbocycles. The second-order valence-corrected chi connectivity index (χ2v) is 23.5. The number of hydrogen-bond donors (Lipinski definition) is 0. The minimum absolute atomic E-state index is 0.0205. The zero-order chi connectivity index (χ0) is 49.3. The molecule has 0 spiro atoms. The van der Waals surface area contributed by atoms with Gasteiger partial charge in [0.25, 0.3) is 11.8 Å². The van der Waals surface area contributed by atoms with Crippen molar-refractivity contribution in [3.63, 3.8) is 0 Å². The van der Waals surface area contributed by atoms with Crippen molar-refractivity contribution in [2.24, 2.45) is 0 Å². The Kier molecular flexibility index (Phi) is 17.7. The third-order valence-electron chi connectivity index (χ3n) is 12.6. The molecule has 0 N–H and O–H groups in total. The second kappa shape index (κ2) is 23.0. The molecule has 0 radical (unpaired) electrons. The van der Waals surface area contributed by atoms with Gasteiger partial charge >= 0.3 is 17.9 Å². The SMILES string of the molecule is CC(=O)O[C@H]1[C@@H](OC(C)=O)[C@@H](COCc2ccccc2)O[C@@H](O[C@H]2[C@H](OCc3ccccc3)[C@@H](N3C(=O)C(C)=C(C)C3=O)[C@H](O[Si](C)(C)C(C)(C)C)O[C@@H]2COCc2ccccc2)[C@@H]1OC(C)=O. The molecule has 6 rings (SSSR count). The minimum atomic E-state index is -2.79. The van der Waals surface area contributed by atoms with E-state index in [0.29, 0.717) is 0 Å². The van der Waals surface area contributed by atoms with E-state index in [9.17, 15) is 24.0 Å². The number of ether oxygens (including phenoxy) is 9. The maximum absolute atomic E-state index is 14.4. The van der Waals surface area contributed by atoms with E-state index in [0.717, 1.165) is 28.5 Å². The summed E-state index contributed by atoms with van der Waals surface area (Å²) in [4.78, 5) is 68.6. The van der Waals surface area contributed by atoms with Crippen LogP contribution in [0, 0.1) is 0 Å². The largest absolute Gasteiger partial charge is 0.456 e. The lowest BCUT2D eigenvalue weighted by molar-refractivity contribution is -0.353. The topological polar surface area (TPSA) is 181 Å². The molecule has 368 valence electrons. The predicted molar refractivity (Wildman–Crippen MR) is 248 cm³/mol. The number of carbonyl (C=O) groups excluding carboxylic acids is 5. The molecule has 10 atom stereocenters. The number of imide groups is 1. The van der Waals surface area contributed by atoms with Gasteiger partial charge in [-0.2, -0.15) is 0 Å². The molecule has 3 heterocycles. The number of nitrogens with zero attached hydrogens (tertiary/aromatic N) is 1. The normalized spacial score (nSPS) is 26.7. The number of rotatable bonds is 19. The van der Waals surface area contributed by atoms with Gasteiger partial charge in [-0.25, -0.2) is 0 Å². The van der Waals surface area contributed by atoms with Crippen molar-refractivity contribution in [1.29, 1.82) is 0 Å². The lowest BCUT2D eigenvalue weighted by Crippen LogP contribution is -2.70. The highest BCUT2D eigenvalue weighted by atomic mass is 28.4. The first-order chi connectivity index (χ1) is 32.2. The first-order valence-electron chi connectivity index (χ1n) is 22.9. The van der Waals surface area contributed by atoms with E-state index >= 15 is 0 Å². The van der Waals surface area contributed by atoms with Crippen LogP contribution in [-0.2, 0) is 90.9 Å². The second-order valence-electron chi connectivity index (χ2n) is 18.8. The number of hydrogen-bond acceptors (Lipinski definition) is 15. The van der Waals surface area contributed by atoms with E-state index < -0.39 is 99.4 Å². The molecule has 2 saturated heterocycles. The molecule has 17 heteroatoms. The molecule has 16 nitrogen and oxygen atoms in total. The molecule has 0 aliphatic carbocycles. The average molecular weight is 960 g/mol. The summed E-state index contributed by atoms with van der Waals surface area (Å²) in [7, 11) is -2.79. The van der Waals surface area contributed by atoms with E-state index in [1.165, 1.54) is 13.8 Å². The van der Waals surface area contributed by atoms with Crippen LogP contribution >= 0.6 is 0 Å². The molecule has 3 aromatic carbocycles. The molecule has 2 fully saturated rings. The fourth-order valence-electron chi connectivity index (χ4n) is 8.02. The quantitative estimate of drug-likeness (QED) is 0.0534. The maximum Gasteiger partial charge on any atom is 0.303 e. The van der Waals surface area contributed by atoms with Crippen LogP contribution in [0.2, 0.25) is 18.1 Å². The Morgan fingerprint density at radius 2 is 0.985 bits per heavy atom. The molecule has 3 aliphatic heterocycles. The molecule has 0 aromatic heterocycles. The molecule has 2 amide bonds. The monoisotopic (exact) mass is 959 g/mol. The molecule has 68 heavy (non-hydrogen) atoms. The van der Waals surface area contributed by atoms with Gasteiger partial charge in [-0.3, -0.25) is 28.9 Å². The molecule has 0 bridgehead atoms. The summed E-state index contributed by atoms with van der Waals surface area (Å²) in [6.07, 6.45) is -12.1. The Morgan fingerprint density at radius 1 is 0.574 bits per heavy atom.